The van der Waals surface area contributed by atoms with Crippen LogP contribution in [0.5, 0.6) is 17.2 Å². The molecular weight excluding hydrogens is 421 g/mol. The number of nitrogens with zero attached hydrogens (tertiary/aromatic N) is 2. The molecule has 2 aromatic carbocycles. The SMILES string of the molecule is COc1cc(/C(O)=C(\C#N)c2nc3cc(C(F)(F)F)ccc3s2)cc(OC)c1OC. The van der Waals surface area contributed by atoms with Crippen molar-refractivity contribution in [1.82, 2.24) is 4.98 Å². The third-order valence-corrected chi connectivity index (χ3v) is 5.27. The second-order valence-electron chi connectivity index (χ2n) is 5.95. The number of aliphatic hydroxyl groups excluding tert-OH is 1. The van der Waals surface area contributed by atoms with Crippen LogP contribution >= 0.6 is 11.3 Å². The molecular formula is C20H15F3N2O4S. The number of hydrogen-bond acceptors (Lipinski definition) is 7. The lowest BCUT2D eigenvalue weighted by Gasteiger charge is -2.14. The first-order chi connectivity index (χ1) is 14.2. The maximum Gasteiger partial charge on any atom is 0.416 e. The molecule has 0 unspecified atom stereocenters. The minimum absolute atomic E-state index is 0.0790. The van der Waals surface area contributed by atoms with Gasteiger partial charge in [-0.25, -0.2) is 4.98 Å². The van der Waals surface area contributed by atoms with Crippen LogP contribution in [0.2, 0.25) is 0 Å². The zero-order valence-electron chi connectivity index (χ0n) is 16.0. The summed E-state index contributed by atoms with van der Waals surface area (Å²) in [5, 5.41) is 20.4. The number of aromatic nitrogens is 1. The summed E-state index contributed by atoms with van der Waals surface area (Å²) >= 11 is 0.994. The molecule has 0 spiro atoms. The molecule has 1 aromatic heterocycles. The highest BCUT2D eigenvalue weighted by atomic mass is 32.1. The van der Waals surface area contributed by atoms with Crippen molar-refractivity contribution in [2.24, 2.45) is 0 Å². The van der Waals surface area contributed by atoms with Crippen LogP contribution in [-0.4, -0.2) is 31.4 Å². The Morgan fingerprint density at radius 1 is 1.07 bits per heavy atom. The van der Waals surface area contributed by atoms with E-state index in [4.69, 9.17) is 14.2 Å². The molecule has 1 N–H and O–H groups in total. The van der Waals surface area contributed by atoms with Gasteiger partial charge in [0.1, 0.15) is 22.4 Å². The molecule has 156 valence electrons. The molecule has 0 aliphatic heterocycles. The van der Waals surface area contributed by atoms with Gasteiger partial charge in [-0.05, 0) is 30.3 Å². The van der Waals surface area contributed by atoms with E-state index in [0.29, 0.717) is 10.4 Å². The quantitative estimate of drug-likeness (QED) is 0.432. The van der Waals surface area contributed by atoms with Gasteiger partial charge in [-0.1, -0.05) is 0 Å². The topological polar surface area (TPSA) is 84.6 Å². The van der Waals surface area contributed by atoms with Crippen LogP contribution in [0.3, 0.4) is 0 Å². The minimum Gasteiger partial charge on any atom is -0.506 e. The van der Waals surface area contributed by atoms with E-state index >= 15 is 0 Å². The van der Waals surface area contributed by atoms with E-state index in [2.05, 4.69) is 4.98 Å². The number of benzene rings is 2. The number of hydrogen-bond donors (Lipinski definition) is 1. The van der Waals surface area contributed by atoms with E-state index in [1.807, 2.05) is 6.07 Å². The van der Waals surface area contributed by atoms with E-state index in [0.717, 1.165) is 23.5 Å². The number of rotatable bonds is 5. The Morgan fingerprint density at radius 3 is 2.20 bits per heavy atom. The smallest absolute Gasteiger partial charge is 0.416 e. The van der Waals surface area contributed by atoms with E-state index in [-0.39, 0.29) is 33.2 Å². The highest BCUT2D eigenvalue weighted by Crippen LogP contribution is 2.41. The third kappa shape index (κ3) is 3.84. The lowest BCUT2D eigenvalue weighted by molar-refractivity contribution is -0.137. The van der Waals surface area contributed by atoms with Gasteiger partial charge in [0, 0.05) is 5.56 Å². The van der Waals surface area contributed by atoms with Crippen molar-refractivity contribution in [3.05, 3.63) is 46.5 Å². The summed E-state index contributed by atoms with van der Waals surface area (Å²) in [5.74, 6) is 0.395. The Kier molecular flexibility index (Phi) is 5.75. The predicted molar refractivity (Wildman–Crippen MR) is 106 cm³/mol. The maximum absolute atomic E-state index is 12.9. The van der Waals surface area contributed by atoms with Crippen LogP contribution in [0.15, 0.2) is 30.3 Å². The number of methoxy groups -OCH3 is 3. The third-order valence-electron chi connectivity index (χ3n) is 4.22. The molecule has 6 nitrogen and oxygen atoms in total. The number of nitriles is 1. The lowest BCUT2D eigenvalue weighted by atomic mass is 10.1. The summed E-state index contributed by atoms with van der Waals surface area (Å²) in [6.45, 7) is 0. The summed E-state index contributed by atoms with van der Waals surface area (Å²) in [5.41, 5.74) is -0.770. The van der Waals surface area contributed by atoms with Gasteiger partial charge in [0.15, 0.2) is 11.5 Å². The van der Waals surface area contributed by atoms with Crippen molar-refractivity contribution >= 4 is 32.9 Å². The molecule has 10 heteroatoms. The Morgan fingerprint density at radius 2 is 1.70 bits per heavy atom. The number of halogens is 3. The van der Waals surface area contributed by atoms with Gasteiger partial charge in [-0.2, -0.15) is 18.4 Å². The highest BCUT2D eigenvalue weighted by Gasteiger charge is 2.31. The molecule has 3 rings (SSSR count). The Hall–Kier alpha value is -3.45. The number of fused-ring (bicyclic) bond motifs is 1. The zero-order chi connectivity index (χ0) is 22.1. The fourth-order valence-electron chi connectivity index (χ4n) is 2.77. The highest BCUT2D eigenvalue weighted by molar-refractivity contribution is 7.19. The fraction of sp³-hybridized carbons (Fsp3) is 0.200. The van der Waals surface area contributed by atoms with Crippen LogP contribution in [0.1, 0.15) is 16.1 Å². The fourth-order valence-corrected chi connectivity index (χ4v) is 3.72. The van der Waals surface area contributed by atoms with E-state index < -0.39 is 17.5 Å². The van der Waals surface area contributed by atoms with Crippen LogP contribution in [0.4, 0.5) is 13.2 Å². The Bertz CT molecular complexity index is 1150. The lowest BCUT2D eigenvalue weighted by Crippen LogP contribution is -2.03. The van der Waals surface area contributed by atoms with Crippen LogP contribution in [0, 0.1) is 11.3 Å². The molecule has 0 bridgehead atoms. The van der Waals surface area contributed by atoms with Crippen LogP contribution in [-0.2, 0) is 6.18 Å². The molecule has 0 radical (unpaired) electrons. The Balaban J connectivity index is 2.16. The summed E-state index contributed by atoms with van der Waals surface area (Å²) < 4.78 is 55.0. The molecule has 0 amide bonds. The van der Waals surface area contributed by atoms with Gasteiger partial charge < -0.3 is 19.3 Å². The number of thiazole rings is 1. The van der Waals surface area contributed by atoms with Crippen molar-refractivity contribution in [3.63, 3.8) is 0 Å². The van der Waals surface area contributed by atoms with Gasteiger partial charge in [-0.15, -0.1) is 11.3 Å². The van der Waals surface area contributed by atoms with Gasteiger partial charge in [-0.3, -0.25) is 0 Å². The van der Waals surface area contributed by atoms with E-state index in [1.165, 1.54) is 39.5 Å². The first kappa shape index (κ1) is 21.3. The second-order valence-corrected chi connectivity index (χ2v) is 6.98. The number of alkyl halides is 3. The molecule has 3 aromatic rings. The van der Waals surface area contributed by atoms with Gasteiger partial charge in [0.05, 0.1) is 37.1 Å². The first-order valence-corrected chi connectivity index (χ1v) is 9.17. The summed E-state index contributed by atoms with van der Waals surface area (Å²) in [6.07, 6.45) is -4.51. The molecule has 1 heterocycles. The van der Waals surface area contributed by atoms with Gasteiger partial charge in [0.2, 0.25) is 5.75 Å². The molecule has 30 heavy (non-hydrogen) atoms. The average Bonchev–Trinajstić information content (AvgIpc) is 3.15. The van der Waals surface area contributed by atoms with Crippen molar-refractivity contribution in [2.45, 2.75) is 6.18 Å². The first-order valence-electron chi connectivity index (χ1n) is 8.35. The largest absolute Gasteiger partial charge is 0.506 e. The predicted octanol–water partition coefficient (Wildman–Crippen LogP) is 5.29. The Labute approximate surface area is 173 Å². The minimum atomic E-state index is -4.51. The van der Waals surface area contributed by atoms with Crippen molar-refractivity contribution in [1.29, 1.82) is 5.26 Å². The van der Waals surface area contributed by atoms with E-state index in [1.54, 1.807) is 0 Å². The summed E-state index contributed by atoms with van der Waals surface area (Å²) in [7, 11) is 4.23. The number of allylic oxidation sites excluding steroid dienone is 1. The molecule has 0 atom stereocenters. The molecule has 0 fully saturated rings. The normalized spacial score (nSPS) is 12.3. The summed E-state index contributed by atoms with van der Waals surface area (Å²) in [4.78, 5) is 4.11. The number of aliphatic hydroxyl groups is 1. The molecule has 0 saturated heterocycles. The van der Waals surface area contributed by atoms with Crippen LogP contribution in [0.25, 0.3) is 21.5 Å². The van der Waals surface area contributed by atoms with Crippen LogP contribution < -0.4 is 14.2 Å². The van der Waals surface area contributed by atoms with Gasteiger partial charge >= 0.3 is 6.18 Å². The van der Waals surface area contributed by atoms with Crippen molar-refractivity contribution in [3.8, 4) is 23.3 Å². The monoisotopic (exact) mass is 436 g/mol. The average molecular weight is 436 g/mol. The zero-order valence-corrected chi connectivity index (χ0v) is 16.8. The second kappa shape index (κ2) is 8.12. The standard InChI is InChI=1S/C20H15F3N2O4S/c1-27-14-6-10(7-15(28-2)18(14)29-3)17(26)12(9-24)19-25-13-8-11(20(21,22)23)4-5-16(13)30-19/h4-8,26H,1-3H3/b17-12-. The maximum atomic E-state index is 12.9. The van der Waals surface area contributed by atoms with E-state index in [9.17, 15) is 23.5 Å². The molecule has 0 aliphatic carbocycles. The van der Waals surface area contributed by atoms with Crippen molar-refractivity contribution < 1.29 is 32.5 Å². The molecule has 0 saturated carbocycles. The number of ether oxygens (including phenoxy) is 3. The van der Waals surface area contributed by atoms with Crippen molar-refractivity contribution in [2.75, 3.05) is 21.3 Å². The van der Waals surface area contributed by atoms with Gasteiger partial charge in [0.25, 0.3) is 0 Å². The molecule has 0 aliphatic rings. The summed E-state index contributed by atoms with van der Waals surface area (Å²) in [6, 6.07) is 7.89.